The quantitative estimate of drug-likeness (QED) is 0.0126. The molecule has 0 spiro atoms. The first kappa shape index (κ1) is 81.8. The van der Waals surface area contributed by atoms with Gasteiger partial charge in [0.25, 0.3) is 17.7 Å². The molecule has 21 nitrogen and oxygen atoms in total. The number of ether oxygens (including phenoxy) is 3. The number of pyridine rings is 3. The van der Waals surface area contributed by atoms with Gasteiger partial charge in [-0.15, -0.1) is 11.6 Å². The molecule has 1 fully saturated rings. The monoisotopic (exact) mass is 1730 g/mol. The number of nitrogens with one attached hydrogen (secondary N) is 7. The van der Waals surface area contributed by atoms with Crippen LogP contribution in [-0.4, -0.2) is 92.6 Å². The fraction of sp³-hybridized carbons (Fsp3) is 0.180. The van der Waals surface area contributed by atoms with Crippen LogP contribution in [0.5, 0.6) is 34.5 Å². The molecule has 3 aromatic heterocycles. The predicted octanol–water partition coefficient (Wildman–Crippen LogP) is 8.76. The molecule has 1 aliphatic rings. The van der Waals surface area contributed by atoms with Crippen molar-refractivity contribution in [1.29, 1.82) is 0 Å². The molecule has 0 saturated carbocycles. The van der Waals surface area contributed by atoms with E-state index in [1.807, 2.05) is 59.0 Å². The van der Waals surface area contributed by atoms with E-state index in [2.05, 4.69) is 63.8 Å². The minimum Gasteiger partial charge on any atom is -1.00 e. The smallest absolute Gasteiger partial charge is 1.00 e. The van der Waals surface area contributed by atoms with E-state index in [0.29, 0.717) is 83.3 Å². The van der Waals surface area contributed by atoms with Crippen molar-refractivity contribution >= 4 is 151 Å². The molecule has 0 radical (unpaired) electrons. The molecule has 0 aliphatic carbocycles. The topological polar surface area (TPSA) is 280 Å². The van der Waals surface area contributed by atoms with E-state index in [0.717, 1.165) is 24.3 Å². The van der Waals surface area contributed by atoms with Gasteiger partial charge < -0.3 is 90.4 Å². The zero-order valence-electron chi connectivity index (χ0n) is 51.4. The summed E-state index contributed by atoms with van der Waals surface area (Å²) in [6.07, 6.45) is -6.40. The molecule has 9 rings (SSSR count). The Balaban J connectivity index is 0.000000316. The number of hydrogen-bond acceptors (Lipinski definition) is 14. The number of aromatic nitrogens is 3. The second-order valence-electron chi connectivity index (χ2n) is 19.9. The van der Waals surface area contributed by atoms with Gasteiger partial charge in [-0.2, -0.15) is 26.3 Å². The number of hydrogen-bond donors (Lipinski definition) is 8. The summed E-state index contributed by atoms with van der Waals surface area (Å²) in [6, 6.07) is 32.2. The molecule has 7 amide bonds. The van der Waals surface area contributed by atoms with Crippen LogP contribution in [0.1, 0.15) is 56.4 Å². The van der Waals surface area contributed by atoms with Gasteiger partial charge in [-0.3, -0.25) is 24.4 Å². The number of urea groups is 2. The summed E-state index contributed by atoms with van der Waals surface area (Å²) in [5.74, 6) is 1.70. The number of carbonyl (C=O) groups is 5. The Labute approximate surface area is 628 Å². The number of nitrogens with two attached hydrogens (primary N) is 1. The van der Waals surface area contributed by atoms with E-state index in [1.165, 1.54) is 63.1 Å². The van der Waals surface area contributed by atoms with Crippen LogP contribution in [0.2, 0.25) is 10.0 Å². The molecule has 5 aromatic carbocycles. The summed E-state index contributed by atoms with van der Waals surface area (Å²) in [5, 5.41) is 16.4. The SMILES string of the molecule is CCl.CNC(=O)c1cc(Oc2ccc(N)cc2)cc(I)n1.CNC(=O)c1cc(Oc2ccc(NC(=O)Nc3ccc(Cl)c(C(F)(F)F)c3)c(I)c2)ccn1.CNC(=O)c1cc(Oc2ccc(NC(=O)Nc3ccc(Cl)c(C(F)(F)F)c3)cc2)cc(B2OCC(C)(C)CO2)n1.[124I-].[Na+]. The van der Waals surface area contributed by atoms with Crippen LogP contribution in [0.15, 0.2) is 146 Å². The van der Waals surface area contributed by atoms with Gasteiger partial charge in [0.15, 0.2) is 0 Å². The van der Waals surface area contributed by atoms with Crippen LogP contribution in [-0.2, 0) is 21.7 Å². The maximum atomic E-state index is 13.1. The fourth-order valence-corrected chi connectivity index (χ4v) is 9.38. The first-order valence-corrected chi connectivity index (χ1v) is 30.8. The first-order valence-electron chi connectivity index (χ1n) is 27.1. The molecule has 4 heterocycles. The molecule has 9 N–H and O–H groups in total. The van der Waals surface area contributed by atoms with E-state index in [9.17, 15) is 50.3 Å². The standard InChI is InChI=1S/C26H25BClF3N4O5.C21H15ClF3IN4O3.C13H12IN3O2.CH3Cl.HI.Na/c1-25(2)13-38-27(39-14-25)22-12-18(11-21(35-22)23(36)32-3)40-17-7-4-15(5-8-17)33-24(37)34-16-6-9-20(28)19(10-16)26(29,30)31;1-27-19(31)18-10-13(6-7-28-18)33-12-3-5-17(16(26)9-12)30-20(32)29-11-2-4-15(22)14(8-11)21(23,24)25;1-16-13(18)11-6-10(7-12(14)17-11)19-9-4-2-8(15)3-5-9;1-2;;/h4-12H,13-14H2,1-3H3,(H,32,36)(H2,33,34,37);2-10H,1H3,(H,27,31)(H2,29,30,32);2-7H,15H2,1H3,(H,16,18);1H3;1H;/q;;;;;+1/p-1/i;;;;1-3;. The zero-order valence-corrected chi connectivity index (χ0v) is 62.1. The summed E-state index contributed by atoms with van der Waals surface area (Å²) >= 11 is 19.8. The number of rotatable bonds is 14. The van der Waals surface area contributed by atoms with Crippen molar-refractivity contribution < 1.29 is 127 Å². The summed E-state index contributed by atoms with van der Waals surface area (Å²) in [5.41, 5.74) is 5.62. The van der Waals surface area contributed by atoms with Crippen molar-refractivity contribution in [1.82, 2.24) is 30.9 Å². The van der Waals surface area contributed by atoms with Crippen LogP contribution in [0.4, 0.5) is 64.4 Å². The third kappa shape index (κ3) is 25.3. The molecule has 0 bridgehead atoms. The van der Waals surface area contributed by atoms with E-state index >= 15 is 0 Å². The van der Waals surface area contributed by atoms with E-state index in [-0.39, 0.29) is 93.5 Å². The van der Waals surface area contributed by atoms with Crippen LogP contribution in [0, 0.1) is 12.7 Å². The van der Waals surface area contributed by atoms with Gasteiger partial charge >= 0.3 is 61.1 Å². The predicted molar refractivity (Wildman–Crippen MR) is 363 cm³/mol. The molecule has 0 atom stereocenters. The van der Waals surface area contributed by atoms with Gasteiger partial charge in [0.1, 0.15) is 55.3 Å². The van der Waals surface area contributed by atoms with Crippen molar-refractivity contribution in [3.63, 3.8) is 0 Å². The van der Waals surface area contributed by atoms with Crippen LogP contribution < -0.4 is 116 Å². The van der Waals surface area contributed by atoms with Gasteiger partial charge in [-0.05, 0) is 160 Å². The average Bonchev–Trinajstić information content (AvgIpc) is 0.847. The molecule has 8 aromatic rings. The molecular weight excluding hydrogens is 1680 g/mol. The van der Waals surface area contributed by atoms with Gasteiger partial charge in [0.2, 0.25) is 0 Å². The van der Waals surface area contributed by atoms with Crippen molar-refractivity contribution in [3.05, 3.63) is 191 Å². The maximum absolute atomic E-state index is 13.1. The van der Waals surface area contributed by atoms with E-state index < -0.39 is 58.6 Å². The van der Waals surface area contributed by atoms with Gasteiger partial charge in [-0.1, -0.05) is 37.0 Å². The van der Waals surface area contributed by atoms with Crippen molar-refractivity contribution in [2.24, 2.45) is 5.41 Å². The summed E-state index contributed by atoms with van der Waals surface area (Å²) < 4.78 is 108. The summed E-state index contributed by atoms with van der Waals surface area (Å²) in [6.45, 7) is 4.91. The summed E-state index contributed by atoms with van der Waals surface area (Å²) in [4.78, 5) is 72.6. The Kier molecular flexibility index (Phi) is 32.3. The second kappa shape index (κ2) is 37.9. The third-order valence-corrected chi connectivity index (χ3v) is 14.2. The number of anilines is 5. The molecule has 0 unspecified atom stereocenters. The minimum atomic E-state index is -4.66. The van der Waals surface area contributed by atoms with Crippen LogP contribution in [0.3, 0.4) is 0 Å². The second-order valence-corrected chi connectivity index (χ2v) is 23.0. The minimum absolute atomic E-state index is 0. The van der Waals surface area contributed by atoms with E-state index in [4.69, 9.17) is 52.5 Å². The Morgan fingerprint density at radius 2 is 0.958 bits per heavy atom. The van der Waals surface area contributed by atoms with Gasteiger partial charge in [-0.25, -0.2) is 14.6 Å². The van der Waals surface area contributed by atoms with Crippen LogP contribution in [0.25, 0.3) is 0 Å². The number of alkyl halides is 7. The molecule has 1 saturated heterocycles. The van der Waals surface area contributed by atoms with Crippen molar-refractivity contribution in [3.8, 4) is 34.5 Å². The molecular formula is C61H55BCl3F6I3N11NaO10. The normalized spacial score (nSPS) is 12.0. The Hall–Kier alpha value is -6.68. The Morgan fingerprint density at radius 3 is 1.46 bits per heavy atom. The third-order valence-electron chi connectivity index (χ3n) is 12.1. The van der Waals surface area contributed by atoms with Gasteiger partial charge in [0.05, 0.1) is 32.5 Å². The first-order chi connectivity index (χ1) is 44.5. The zero-order chi connectivity index (χ0) is 69.1. The number of carbonyl (C=O) groups excluding carboxylic acids is 5. The fourth-order valence-electron chi connectivity index (χ4n) is 7.75. The maximum Gasteiger partial charge on any atom is 1.00 e. The van der Waals surface area contributed by atoms with Gasteiger partial charge in [0, 0.05) is 103 Å². The largest absolute Gasteiger partial charge is 1.00 e. The van der Waals surface area contributed by atoms with Crippen molar-refractivity contribution in [2.45, 2.75) is 26.2 Å². The number of halogens is 12. The number of nitrogen functional groups attached to an aromatic ring is 1. The van der Waals surface area contributed by atoms with E-state index in [1.54, 1.807) is 85.9 Å². The van der Waals surface area contributed by atoms with Crippen LogP contribution >= 0.6 is 80.0 Å². The Morgan fingerprint density at radius 1 is 0.542 bits per heavy atom. The molecule has 1 aliphatic heterocycles. The number of nitrogens with zero attached hydrogens (tertiary/aromatic N) is 3. The molecule has 502 valence electrons. The number of benzene rings is 5. The average molecular weight is 1730 g/mol. The molecule has 35 heteroatoms. The Bertz CT molecular complexity index is 4010. The van der Waals surface area contributed by atoms with Crippen molar-refractivity contribution in [2.75, 3.05) is 67.7 Å². The number of amides is 7. The molecule has 96 heavy (non-hydrogen) atoms. The summed E-state index contributed by atoms with van der Waals surface area (Å²) in [7, 11) is 3.77.